The van der Waals surface area contributed by atoms with Crippen molar-refractivity contribution in [2.45, 2.75) is 12.8 Å². The van der Waals surface area contributed by atoms with Crippen molar-refractivity contribution in [3.05, 3.63) is 54.0 Å². The number of carbonyl (C=O) groups excluding carboxylic acids is 2. The fourth-order valence-electron chi connectivity index (χ4n) is 1.83. The molecule has 0 unspecified atom stereocenters. The van der Waals surface area contributed by atoms with E-state index in [4.69, 9.17) is 4.42 Å². The average molecular weight is 286 g/mol. The third kappa shape index (κ3) is 4.21. The summed E-state index contributed by atoms with van der Waals surface area (Å²) < 4.78 is 5.02. The molecule has 0 aliphatic rings. The van der Waals surface area contributed by atoms with Crippen LogP contribution in [0.3, 0.4) is 0 Å². The Morgan fingerprint density at radius 1 is 1.14 bits per heavy atom. The van der Waals surface area contributed by atoms with Gasteiger partial charge in [-0.2, -0.15) is 0 Å². The number of nitrogens with zero attached hydrogens (tertiary/aromatic N) is 1. The van der Waals surface area contributed by atoms with Gasteiger partial charge in [0.2, 0.25) is 5.91 Å². The molecule has 2 amide bonds. The van der Waals surface area contributed by atoms with Crippen LogP contribution < -0.4 is 5.32 Å². The summed E-state index contributed by atoms with van der Waals surface area (Å²) in [6.07, 6.45) is 2.62. The van der Waals surface area contributed by atoms with Gasteiger partial charge in [0.25, 0.3) is 5.91 Å². The largest absolute Gasteiger partial charge is 0.459 e. The molecule has 0 radical (unpaired) electrons. The van der Waals surface area contributed by atoms with Gasteiger partial charge in [-0.15, -0.1) is 0 Å². The highest BCUT2D eigenvalue weighted by Crippen LogP contribution is 2.13. The van der Waals surface area contributed by atoms with Crippen molar-refractivity contribution in [1.82, 2.24) is 4.90 Å². The molecule has 2 rings (SSSR count). The first-order valence-corrected chi connectivity index (χ1v) is 6.70. The lowest BCUT2D eigenvalue weighted by atomic mass is 10.1. The topological polar surface area (TPSA) is 62.6 Å². The molecule has 0 fully saturated rings. The van der Waals surface area contributed by atoms with Crippen molar-refractivity contribution in [3.8, 4) is 0 Å². The van der Waals surface area contributed by atoms with Gasteiger partial charge in [0.05, 0.1) is 6.26 Å². The van der Waals surface area contributed by atoms with Crippen LogP contribution >= 0.6 is 0 Å². The minimum absolute atomic E-state index is 0.102. The van der Waals surface area contributed by atoms with Gasteiger partial charge in [0.15, 0.2) is 5.76 Å². The average Bonchev–Trinajstić information content (AvgIpc) is 3.00. The van der Waals surface area contributed by atoms with E-state index in [2.05, 4.69) is 5.32 Å². The van der Waals surface area contributed by atoms with Crippen molar-refractivity contribution in [3.63, 3.8) is 0 Å². The van der Waals surface area contributed by atoms with E-state index in [9.17, 15) is 9.59 Å². The minimum Gasteiger partial charge on any atom is -0.459 e. The third-order valence-corrected chi connectivity index (χ3v) is 3.08. The van der Waals surface area contributed by atoms with Gasteiger partial charge in [-0.3, -0.25) is 9.59 Å². The predicted molar refractivity (Wildman–Crippen MR) is 80.1 cm³/mol. The van der Waals surface area contributed by atoms with Gasteiger partial charge in [0, 0.05) is 26.2 Å². The van der Waals surface area contributed by atoms with Gasteiger partial charge in [0.1, 0.15) is 0 Å². The van der Waals surface area contributed by atoms with E-state index < -0.39 is 0 Å². The predicted octanol–water partition coefficient (Wildman–Crippen LogP) is 2.55. The second-order valence-corrected chi connectivity index (χ2v) is 4.92. The highest BCUT2D eigenvalue weighted by atomic mass is 16.3. The monoisotopic (exact) mass is 286 g/mol. The van der Waals surface area contributed by atoms with Crippen LogP contribution in [0.25, 0.3) is 0 Å². The van der Waals surface area contributed by atoms with E-state index in [1.165, 1.54) is 6.26 Å². The maximum atomic E-state index is 11.8. The van der Waals surface area contributed by atoms with Gasteiger partial charge in [-0.25, -0.2) is 0 Å². The fourth-order valence-corrected chi connectivity index (χ4v) is 1.83. The molecule has 5 nitrogen and oxygen atoms in total. The molecule has 0 aliphatic heterocycles. The van der Waals surface area contributed by atoms with Crippen molar-refractivity contribution < 1.29 is 14.0 Å². The highest BCUT2D eigenvalue weighted by molar-refractivity contribution is 6.02. The van der Waals surface area contributed by atoms with E-state index >= 15 is 0 Å². The zero-order chi connectivity index (χ0) is 15.2. The molecular weight excluding hydrogens is 268 g/mol. The summed E-state index contributed by atoms with van der Waals surface area (Å²) in [7, 11) is 3.49. The van der Waals surface area contributed by atoms with E-state index in [1.54, 1.807) is 31.1 Å². The van der Waals surface area contributed by atoms with Gasteiger partial charge in [-0.05, 0) is 36.2 Å². The lowest BCUT2D eigenvalue weighted by Gasteiger charge is -2.10. The van der Waals surface area contributed by atoms with E-state index in [0.717, 1.165) is 5.56 Å². The Hall–Kier alpha value is -2.56. The molecule has 110 valence electrons. The zero-order valence-corrected chi connectivity index (χ0v) is 12.1. The van der Waals surface area contributed by atoms with Crippen LogP contribution in [0.2, 0.25) is 0 Å². The SMILES string of the molecule is CN(C)C(=O)CCc1ccc(NC(=O)c2ccco2)cc1. The van der Waals surface area contributed by atoms with E-state index in [1.807, 2.05) is 24.3 Å². The molecule has 21 heavy (non-hydrogen) atoms. The summed E-state index contributed by atoms with van der Waals surface area (Å²) in [5.41, 5.74) is 1.75. The molecule has 0 aliphatic carbocycles. The molecule has 5 heteroatoms. The molecular formula is C16H18N2O3. The zero-order valence-electron chi connectivity index (χ0n) is 12.1. The first-order chi connectivity index (χ1) is 10.1. The fraction of sp³-hybridized carbons (Fsp3) is 0.250. The Kier molecular flexibility index (Phi) is 4.77. The Labute approximate surface area is 123 Å². The third-order valence-electron chi connectivity index (χ3n) is 3.08. The Morgan fingerprint density at radius 3 is 2.43 bits per heavy atom. The van der Waals surface area contributed by atoms with Crippen molar-refractivity contribution in [2.24, 2.45) is 0 Å². The molecule has 0 spiro atoms. The maximum absolute atomic E-state index is 11.8. The molecule has 0 saturated carbocycles. The Balaban J connectivity index is 1.90. The Morgan fingerprint density at radius 2 is 1.86 bits per heavy atom. The number of benzene rings is 1. The second kappa shape index (κ2) is 6.74. The Bertz CT molecular complexity index is 601. The van der Waals surface area contributed by atoms with Crippen LogP contribution in [-0.2, 0) is 11.2 Å². The number of anilines is 1. The van der Waals surface area contributed by atoms with Crippen LogP contribution in [0.15, 0.2) is 47.1 Å². The molecule has 1 heterocycles. The summed E-state index contributed by atoms with van der Waals surface area (Å²) in [4.78, 5) is 24.9. The first kappa shape index (κ1) is 14.8. The van der Waals surface area contributed by atoms with E-state index in [0.29, 0.717) is 18.5 Å². The first-order valence-electron chi connectivity index (χ1n) is 6.70. The number of nitrogens with one attached hydrogen (secondary N) is 1. The summed E-state index contributed by atoms with van der Waals surface area (Å²) in [6, 6.07) is 10.7. The van der Waals surface area contributed by atoms with Crippen molar-refractivity contribution in [2.75, 3.05) is 19.4 Å². The second-order valence-electron chi connectivity index (χ2n) is 4.92. The lowest BCUT2D eigenvalue weighted by molar-refractivity contribution is -0.128. The van der Waals surface area contributed by atoms with Gasteiger partial charge in [-0.1, -0.05) is 12.1 Å². The number of aryl methyl sites for hydroxylation is 1. The number of furan rings is 1. The van der Waals surface area contributed by atoms with Crippen molar-refractivity contribution in [1.29, 1.82) is 0 Å². The highest BCUT2D eigenvalue weighted by Gasteiger charge is 2.09. The number of rotatable bonds is 5. The van der Waals surface area contributed by atoms with Crippen molar-refractivity contribution >= 4 is 17.5 Å². The van der Waals surface area contributed by atoms with Crippen LogP contribution in [-0.4, -0.2) is 30.8 Å². The molecule has 0 bridgehead atoms. The standard InChI is InChI=1S/C16H18N2O3/c1-18(2)15(19)10-7-12-5-8-13(9-6-12)17-16(20)14-4-3-11-21-14/h3-6,8-9,11H,7,10H2,1-2H3,(H,17,20). The van der Waals surface area contributed by atoms with Crippen LogP contribution in [0, 0.1) is 0 Å². The van der Waals surface area contributed by atoms with E-state index in [-0.39, 0.29) is 17.6 Å². The molecule has 1 aromatic carbocycles. The summed E-state index contributed by atoms with van der Waals surface area (Å²) in [5, 5.41) is 2.75. The summed E-state index contributed by atoms with van der Waals surface area (Å²) in [5.74, 6) is 0.0939. The number of amides is 2. The number of hydrogen-bond donors (Lipinski definition) is 1. The summed E-state index contributed by atoms with van der Waals surface area (Å²) in [6.45, 7) is 0. The van der Waals surface area contributed by atoms with Crippen LogP contribution in [0.4, 0.5) is 5.69 Å². The molecule has 1 aromatic heterocycles. The molecule has 2 aromatic rings. The lowest BCUT2D eigenvalue weighted by Crippen LogP contribution is -2.21. The van der Waals surface area contributed by atoms with Gasteiger partial charge >= 0.3 is 0 Å². The molecule has 0 atom stereocenters. The molecule has 1 N–H and O–H groups in total. The maximum Gasteiger partial charge on any atom is 0.291 e. The summed E-state index contributed by atoms with van der Waals surface area (Å²) >= 11 is 0. The quantitative estimate of drug-likeness (QED) is 0.918. The number of carbonyl (C=O) groups is 2. The molecule has 0 saturated heterocycles. The number of hydrogen-bond acceptors (Lipinski definition) is 3. The minimum atomic E-state index is -0.282. The van der Waals surface area contributed by atoms with Gasteiger partial charge < -0.3 is 14.6 Å². The van der Waals surface area contributed by atoms with Crippen LogP contribution in [0.1, 0.15) is 22.5 Å². The van der Waals surface area contributed by atoms with Crippen LogP contribution in [0.5, 0.6) is 0 Å². The smallest absolute Gasteiger partial charge is 0.291 e. The normalized spacial score (nSPS) is 10.2.